The summed E-state index contributed by atoms with van der Waals surface area (Å²) in [5.74, 6) is 1.49. The van der Waals surface area contributed by atoms with Crippen molar-refractivity contribution < 1.29 is 13.2 Å². The standard InChI is InChI=1S/C21H21ClN4O3S/c1-29-18-4-2-3-17(15-18)25-11-13-26(14-12-25)20-9-10-21(24-23-20)30(27,28)19-7-5-16(22)6-8-19/h2-10,15H,11-14H2,1H3. The Hall–Kier alpha value is -2.84. The van der Waals surface area contributed by atoms with Gasteiger partial charge in [-0.15, -0.1) is 10.2 Å². The highest BCUT2D eigenvalue weighted by atomic mass is 35.5. The summed E-state index contributed by atoms with van der Waals surface area (Å²) in [5, 5.41) is 8.55. The molecule has 1 aliphatic heterocycles. The van der Waals surface area contributed by atoms with E-state index >= 15 is 0 Å². The maximum atomic E-state index is 12.7. The van der Waals surface area contributed by atoms with Gasteiger partial charge in [-0.3, -0.25) is 0 Å². The van der Waals surface area contributed by atoms with Crippen LogP contribution in [0.25, 0.3) is 0 Å². The van der Waals surface area contributed by atoms with Gasteiger partial charge >= 0.3 is 0 Å². The number of hydrogen-bond donors (Lipinski definition) is 0. The Morgan fingerprint density at radius 2 is 1.60 bits per heavy atom. The second kappa shape index (κ2) is 8.49. The van der Waals surface area contributed by atoms with E-state index in [2.05, 4.69) is 26.1 Å². The van der Waals surface area contributed by atoms with Gasteiger partial charge in [-0.2, -0.15) is 0 Å². The number of rotatable bonds is 5. The van der Waals surface area contributed by atoms with Gasteiger partial charge in [0.25, 0.3) is 0 Å². The number of sulfone groups is 1. The molecule has 1 saturated heterocycles. The zero-order valence-electron chi connectivity index (χ0n) is 16.4. The average molecular weight is 445 g/mol. The van der Waals surface area contributed by atoms with E-state index in [1.165, 1.54) is 30.3 Å². The molecule has 9 heteroatoms. The fourth-order valence-electron chi connectivity index (χ4n) is 3.36. The van der Waals surface area contributed by atoms with Crippen LogP contribution < -0.4 is 14.5 Å². The summed E-state index contributed by atoms with van der Waals surface area (Å²) < 4.78 is 30.7. The second-order valence-electron chi connectivity index (χ2n) is 6.86. The topological polar surface area (TPSA) is 75.6 Å². The van der Waals surface area contributed by atoms with Gasteiger partial charge < -0.3 is 14.5 Å². The molecule has 3 aromatic rings. The van der Waals surface area contributed by atoms with Gasteiger partial charge in [-0.1, -0.05) is 17.7 Å². The van der Waals surface area contributed by atoms with Crippen LogP contribution in [-0.4, -0.2) is 51.9 Å². The molecular weight excluding hydrogens is 424 g/mol. The smallest absolute Gasteiger partial charge is 0.225 e. The van der Waals surface area contributed by atoms with Crippen LogP contribution in [-0.2, 0) is 9.84 Å². The Morgan fingerprint density at radius 3 is 2.23 bits per heavy atom. The fraction of sp³-hybridized carbons (Fsp3) is 0.238. The van der Waals surface area contributed by atoms with E-state index in [4.69, 9.17) is 16.3 Å². The van der Waals surface area contributed by atoms with Gasteiger partial charge in [-0.25, -0.2) is 8.42 Å². The molecule has 1 fully saturated rings. The highest BCUT2D eigenvalue weighted by molar-refractivity contribution is 7.91. The van der Waals surface area contributed by atoms with Crippen LogP contribution in [0.4, 0.5) is 11.5 Å². The minimum Gasteiger partial charge on any atom is -0.497 e. The molecule has 0 bridgehead atoms. The number of piperazine rings is 1. The third-order valence-electron chi connectivity index (χ3n) is 5.05. The number of halogens is 1. The lowest BCUT2D eigenvalue weighted by Gasteiger charge is -2.36. The molecule has 0 amide bonds. The first-order valence-corrected chi connectivity index (χ1v) is 11.3. The number of aromatic nitrogens is 2. The Bertz CT molecular complexity index is 1110. The van der Waals surface area contributed by atoms with Gasteiger partial charge in [0, 0.05) is 43.0 Å². The summed E-state index contributed by atoms with van der Waals surface area (Å²) in [7, 11) is -2.07. The summed E-state index contributed by atoms with van der Waals surface area (Å²) in [5.41, 5.74) is 1.12. The van der Waals surface area contributed by atoms with Crippen molar-refractivity contribution in [1.29, 1.82) is 0 Å². The molecule has 0 unspecified atom stereocenters. The van der Waals surface area contributed by atoms with Crippen molar-refractivity contribution >= 4 is 32.9 Å². The first kappa shape index (κ1) is 20.4. The van der Waals surface area contributed by atoms with E-state index in [0.29, 0.717) is 10.8 Å². The largest absolute Gasteiger partial charge is 0.497 e. The first-order chi connectivity index (χ1) is 14.5. The zero-order chi connectivity index (χ0) is 21.1. The van der Waals surface area contributed by atoms with Gasteiger partial charge in [0.05, 0.1) is 12.0 Å². The normalized spacial score (nSPS) is 14.6. The van der Waals surface area contributed by atoms with Crippen LogP contribution in [0.15, 0.2) is 70.6 Å². The molecule has 0 N–H and O–H groups in total. The molecule has 1 aliphatic rings. The summed E-state index contributed by atoms with van der Waals surface area (Å²) in [4.78, 5) is 4.52. The van der Waals surface area contributed by atoms with E-state index in [9.17, 15) is 8.42 Å². The lowest BCUT2D eigenvalue weighted by molar-refractivity contribution is 0.414. The zero-order valence-corrected chi connectivity index (χ0v) is 18.0. The van der Waals surface area contributed by atoms with Crippen molar-refractivity contribution in [2.45, 2.75) is 9.92 Å². The van der Waals surface area contributed by atoms with Crippen molar-refractivity contribution in [2.75, 3.05) is 43.1 Å². The molecule has 0 aliphatic carbocycles. The molecule has 156 valence electrons. The maximum absolute atomic E-state index is 12.7. The molecule has 0 atom stereocenters. The molecular formula is C21H21ClN4O3S. The molecule has 2 heterocycles. The predicted octanol–water partition coefficient (Wildman–Crippen LogP) is 3.30. The number of ether oxygens (including phenoxy) is 1. The van der Waals surface area contributed by atoms with Crippen molar-refractivity contribution in [3.05, 3.63) is 65.7 Å². The highest BCUT2D eigenvalue weighted by Crippen LogP contribution is 2.24. The maximum Gasteiger partial charge on any atom is 0.225 e. The van der Waals surface area contributed by atoms with Crippen LogP contribution in [0.2, 0.25) is 5.02 Å². The van der Waals surface area contributed by atoms with Crippen molar-refractivity contribution in [3.63, 3.8) is 0 Å². The van der Waals surface area contributed by atoms with Crippen LogP contribution in [0.1, 0.15) is 0 Å². The Morgan fingerprint density at radius 1 is 0.900 bits per heavy atom. The van der Waals surface area contributed by atoms with Crippen molar-refractivity contribution in [1.82, 2.24) is 10.2 Å². The summed E-state index contributed by atoms with van der Waals surface area (Å²) in [6.07, 6.45) is 0. The summed E-state index contributed by atoms with van der Waals surface area (Å²) >= 11 is 5.84. The van der Waals surface area contributed by atoms with Crippen LogP contribution in [0.5, 0.6) is 5.75 Å². The van der Waals surface area contributed by atoms with Crippen LogP contribution in [0, 0.1) is 0 Å². The van der Waals surface area contributed by atoms with Crippen molar-refractivity contribution in [2.24, 2.45) is 0 Å². The first-order valence-electron chi connectivity index (χ1n) is 9.46. The van der Waals surface area contributed by atoms with E-state index in [-0.39, 0.29) is 9.92 Å². The van der Waals surface area contributed by atoms with Gasteiger partial charge in [-0.05, 0) is 48.5 Å². The van der Waals surface area contributed by atoms with Crippen LogP contribution in [0.3, 0.4) is 0 Å². The van der Waals surface area contributed by atoms with E-state index in [1.807, 2.05) is 18.2 Å². The summed E-state index contributed by atoms with van der Waals surface area (Å²) in [6, 6.07) is 17.2. The van der Waals surface area contributed by atoms with Gasteiger partial charge in [0.15, 0.2) is 10.8 Å². The Balaban J connectivity index is 1.44. The predicted molar refractivity (Wildman–Crippen MR) is 116 cm³/mol. The minimum atomic E-state index is -3.73. The molecule has 1 aromatic heterocycles. The number of hydrogen-bond acceptors (Lipinski definition) is 7. The molecule has 0 spiro atoms. The molecule has 4 rings (SSSR count). The highest BCUT2D eigenvalue weighted by Gasteiger charge is 2.22. The lowest BCUT2D eigenvalue weighted by atomic mass is 10.2. The average Bonchev–Trinajstić information content (AvgIpc) is 2.79. The van der Waals surface area contributed by atoms with Gasteiger partial charge in [0.1, 0.15) is 5.75 Å². The fourth-order valence-corrected chi connectivity index (χ4v) is 4.62. The Labute approximate surface area is 180 Å². The SMILES string of the molecule is COc1cccc(N2CCN(c3ccc(S(=O)(=O)c4ccc(Cl)cc4)nn3)CC2)c1. The molecule has 7 nitrogen and oxygen atoms in total. The molecule has 30 heavy (non-hydrogen) atoms. The van der Waals surface area contributed by atoms with Crippen LogP contribution >= 0.6 is 11.6 Å². The summed E-state index contributed by atoms with van der Waals surface area (Å²) in [6.45, 7) is 3.16. The second-order valence-corrected chi connectivity index (χ2v) is 9.20. The van der Waals surface area contributed by atoms with Crippen molar-refractivity contribution in [3.8, 4) is 5.75 Å². The van der Waals surface area contributed by atoms with E-state index in [0.717, 1.165) is 37.6 Å². The van der Waals surface area contributed by atoms with Gasteiger partial charge in [0.2, 0.25) is 9.84 Å². The quantitative estimate of drug-likeness (QED) is 0.597. The molecule has 2 aromatic carbocycles. The third-order valence-corrected chi connectivity index (χ3v) is 6.96. The number of benzene rings is 2. The van der Waals surface area contributed by atoms with E-state index < -0.39 is 9.84 Å². The number of nitrogens with zero attached hydrogens (tertiary/aromatic N) is 4. The minimum absolute atomic E-state index is 0.0800. The monoisotopic (exact) mass is 444 g/mol. The lowest BCUT2D eigenvalue weighted by Crippen LogP contribution is -2.46. The molecule has 0 saturated carbocycles. The number of methoxy groups -OCH3 is 1. The van der Waals surface area contributed by atoms with E-state index in [1.54, 1.807) is 13.2 Å². The third kappa shape index (κ3) is 4.20. The Kier molecular flexibility index (Phi) is 5.78. The number of anilines is 2. The molecule has 0 radical (unpaired) electrons.